The quantitative estimate of drug-likeness (QED) is 0.792. The fraction of sp³-hybridized carbons (Fsp3) is 0.462. The Balaban J connectivity index is 2.27. The molecule has 19 heavy (non-hydrogen) atoms. The van der Waals surface area contributed by atoms with Crippen LogP contribution in [0.1, 0.15) is 24.0 Å². The maximum atomic E-state index is 12.7. The van der Waals surface area contributed by atoms with Crippen molar-refractivity contribution in [2.75, 3.05) is 7.11 Å². The first-order chi connectivity index (χ1) is 8.88. The molecule has 0 radical (unpaired) electrons. The topological polar surface area (TPSA) is 35.5 Å². The molecule has 2 rings (SSSR count). The Labute approximate surface area is 108 Å². The zero-order valence-corrected chi connectivity index (χ0v) is 10.3. The zero-order valence-electron chi connectivity index (χ0n) is 10.3. The number of ether oxygens (including phenoxy) is 2. The number of hydrogen-bond acceptors (Lipinski definition) is 3. The number of carbonyl (C=O) groups excluding carboxylic acids is 1. The Morgan fingerprint density at radius 1 is 1.32 bits per heavy atom. The summed E-state index contributed by atoms with van der Waals surface area (Å²) in [5.74, 6) is -0.437. The predicted octanol–water partition coefficient (Wildman–Crippen LogP) is 2.96. The van der Waals surface area contributed by atoms with Gasteiger partial charge in [-0.25, -0.2) is 0 Å². The van der Waals surface area contributed by atoms with Crippen LogP contribution >= 0.6 is 0 Å². The molecule has 0 unspecified atom stereocenters. The van der Waals surface area contributed by atoms with Crippen molar-refractivity contribution in [1.82, 2.24) is 0 Å². The van der Waals surface area contributed by atoms with Gasteiger partial charge in [0.25, 0.3) is 0 Å². The predicted molar refractivity (Wildman–Crippen MR) is 60.8 cm³/mol. The molecule has 0 atom stereocenters. The summed E-state index contributed by atoms with van der Waals surface area (Å²) < 4.78 is 48.1. The molecule has 1 saturated carbocycles. The summed E-state index contributed by atoms with van der Waals surface area (Å²) in [6.45, 7) is 0. The van der Waals surface area contributed by atoms with Gasteiger partial charge in [-0.2, -0.15) is 13.2 Å². The van der Waals surface area contributed by atoms with E-state index < -0.39 is 17.7 Å². The van der Waals surface area contributed by atoms with Gasteiger partial charge in [0.1, 0.15) is 5.75 Å². The summed E-state index contributed by atoms with van der Waals surface area (Å²) >= 11 is 0. The van der Waals surface area contributed by atoms with Crippen LogP contribution in [-0.4, -0.2) is 19.2 Å². The van der Waals surface area contributed by atoms with Gasteiger partial charge in [-0.1, -0.05) is 0 Å². The Bertz CT molecular complexity index is 479. The van der Waals surface area contributed by atoms with Gasteiger partial charge in [0.15, 0.2) is 0 Å². The molecule has 0 heterocycles. The van der Waals surface area contributed by atoms with Crippen molar-refractivity contribution in [1.29, 1.82) is 0 Å². The Morgan fingerprint density at radius 2 is 2.00 bits per heavy atom. The van der Waals surface area contributed by atoms with Crippen LogP contribution in [0.4, 0.5) is 13.2 Å². The molecular weight excluding hydrogens is 261 g/mol. The number of carbonyl (C=O) groups is 1. The molecule has 0 spiro atoms. The lowest BCUT2D eigenvalue weighted by atomic mass is 10.1. The smallest absolute Gasteiger partial charge is 0.416 e. The summed E-state index contributed by atoms with van der Waals surface area (Å²) in [7, 11) is 1.19. The van der Waals surface area contributed by atoms with Crippen LogP contribution in [0, 0.1) is 0 Å². The summed E-state index contributed by atoms with van der Waals surface area (Å²) in [4.78, 5) is 11.1. The van der Waals surface area contributed by atoms with Gasteiger partial charge in [-0.05, 0) is 36.6 Å². The van der Waals surface area contributed by atoms with Crippen molar-refractivity contribution in [2.24, 2.45) is 0 Å². The number of esters is 1. The molecular formula is C13H13F3O3. The molecule has 0 amide bonds. The van der Waals surface area contributed by atoms with Crippen LogP contribution < -0.4 is 4.74 Å². The SMILES string of the molecule is COC(=O)Cc1cc(OC2CC2)cc(C(F)(F)F)c1. The zero-order chi connectivity index (χ0) is 14.0. The van der Waals surface area contributed by atoms with Crippen molar-refractivity contribution < 1.29 is 27.4 Å². The second kappa shape index (κ2) is 5.11. The van der Waals surface area contributed by atoms with Crippen molar-refractivity contribution in [2.45, 2.75) is 31.5 Å². The normalized spacial score (nSPS) is 15.2. The molecule has 0 saturated heterocycles. The van der Waals surface area contributed by atoms with E-state index in [0.717, 1.165) is 25.0 Å². The molecule has 0 aromatic heterocycles. The van der Waals surface area contributed by atoms with Crippen molar-refractivity contribution in [3.63, 3.8) is 0 Å². The molecule has 0 bridgehead atoms. The van der Waals surface area contributed by atoms with Crippen LogP contribution in [0.3, 0.4) is 0 Å². The average molecular weight is 274 g/mol. The van der Waals surface area contributed by atoms with E-state index in [2.05, 4.69) is 4.74 Å². The molecule has 1 aliphatic carbocycles. The molecule has 0 N–H and O–H groups in total. The van der Waals surface area contributed by atoms with E-state index in [1.807, 2.05) is 0 Å². The van der Waals surface area contributed by atoms with Crippen LogP contribution in [0.25, 0.3) is 0 Å². The first kappa shape index (κ1) is 13.7. The number of rotatable bonds is 4. The summed E-state index contributed by atoms with van der Waals surface area (Å²) in [6, 6.07) is 3.35. The molecule has 1 aliphatic rings. The molecule has 3 nitrogen and oxygen atoms in total. The Morgan fingerprint density at radius 3 is 2.53 bits per heavy atom. The highest BCUT2D eigenvalue weighted by Crippen LogP contribution is 2.35. The van der Waals surface area contributed by atoms with Crippen molar-refractivity contribution >= 4 is 5.97 Å². The van der Waals surface area contributed by atoms with E-state index in [-0.39, 0.29) is 23.8 Å². The second-order valence-electron chi connectivity index (χ2n) is 4.43. The van der Waals surface area contributed by atoms with Crippen LogP contribution in [-0.2, 0) is 22.1 Å². The third-order valence-corrected chi connectivity index (χ3v) is 2.70. The highest BCUT2D eigenvalue weighted by molar-refractivity contribution is 5.72. The summed E-state index contributed by atoms with van der Waals surface area (Å²) in [5.41, 5.74) is -0.582. The van der Waals surface area contributed by atoms with E-state index in [4.69, 9.17) is 4.74 Å². The fourth-order valence-electron chi connectivity index (χ4n) is 1.61. The Hall–Kier alpha value is -1.72. The number of hydrogen-bond donors (Lipinski definition) is 0. The third-order valence-electron chi connectivity index (χ3n) is 2.70. The maximum Gasteiger partial charge on any atom is 0.416 e. The lowest BCUT2D eigenvalue weighted by molar-refractivity contribution is -0.140. The first-order valence-electron chi connectivity index (χ1n) is 5.83. The number of halogens is 3. The van der Waals surface area contributed by atoms with Gasteiger partial charge in [0.05, 0.1) is 25.2 Å². The first-order valence-corrected chi connectivity index (χ1v) is 5.83. The molecule has 104 valence electrons. The van der Waals surface area contributed by atoms with Crippen molar-refractivity contribution in [3.05, 3.63) is 29.3 Å². The second-order valence-corrected chi connectivity index (χ2v) is 4.43. The minimum Gasteiger partial charge on any atom is -0.490 e. The molecule has 0 aliphatic heterocycles. The van der Waals surface area contributed by atoms with Crippen molar-refractivity contribution in [3.8, 4) is 5.75 Å². The summed E-state index contributed by atoms with van der Waals surface area (Å²) in [6.07, 6.45) is -2.98. The van der Waals surface area contributed by atoms with Crippen LogP contribution in [0.2, 0.25) is 0 Å². The van der Waals surface area contributed by atoms with Gasteiger partial charge in [-0.3, -0.25) is 4.79 Å². The molecule has 1 aromatic rings. The Kier molecular flexibility index (Phi) is 3.68. The monoisotopic (exact) mass is 274 g/mol. The van der Waals surface area contributed by atoms with Gasteiger partial charge < -0.3 is 9.47 Å². The molecule has 1 fully saturated rings. The molecule has 1 aromatic carbocycles. The lowest BCUT2D eigenvalue weighted by Crippen LogP contribution is -2.10. The highest BCUT2D eigenvalue weighted by Gasteiger charge is 2.32. The fourth-order valence-corrected chi connectivity index (χ4v) is 1.61. The highest BCUT2D eigenvalue weighted by atomic mass is 19.4. The number of alkyl halides is 3. The van der Waals surface area contributed by atoms with Crippen LogP contribution in [0.5, 0.6) is 5.75 Å². The van der Waals surface area contributed by atoms with Gasteiger partial charge >= 0.3 is 12.1 Å². The molecule has 6 heteroatoms. The lowest BCUT2D eigenvalue weighted by Gasteiger charge is -2.12. The third kappa shape index (κ3) is 3.87. The summed E-state index contributed by atoms with van der Waals surface area (Å²) in [5, 5.41) is 0. The van der Waals surface area contributed by atoms with E-state index >= 15 is 0 Å². The van der Waals surface area contributed by atoms with Gasteiger partial charge in [0, 0.05) is 0 Å². The standard InChI is InChI=1S/C13H13F3O3/c1-18-12(17)6-8-4-9(13(14,15)16)7-11(5-8)19-10-2-3-10/h4-5,7,10H,2-3,6H2,1H3. The number of benzene rings is 1. The maximum absolute atomic E-state index is 12.7. The van der Waals surface area contributed by atoms with Crippen LogP contribution in [0.15, 0.2) is 18.2 Å². The van der Waals surface area contributed by atoms with E-state index in [0.29, 0.717) is 0 Å². The van der Waals surface area contributed by atoms with E-state index in [1.165, 1.54) is 13.2 Å². The van der Waals surface area contributed by atoms with Gasteiger partial charge in [0.2, 0.25) is 0 Å². The van der Waals surface area contributed by atoms with E-state index in [1.54, 1.807) is 0 Å². The minimum atomic E-state index is -4.46. The number of methoxy groups -OCH3 is 1. The van der Waals surface area contributed by atoms with E-state index in [9.17, 15) is 18.0 Å². The average Bonchev–Trinajstić information content (AvgIpc) is 3.11. The minimum absolute atomic E-state index is 0.00513. The van der Waals surface area contributed by atoms with Gasteiger partial charge in [-0.15, -0.1) is 0 Å². The largest absolute Gasteiger partial charge is 0.490 e.